The molecule has 0 bridgehead atoms. The molecule has 0 aromatic heterocycles. The molecule has 0 saturated heterocycles. The highest BCUT2D eigenvalue weighted by molar-refractivity contribution is 6.34. The van der Waals surface area contributed by atoms with Crippen molar-refractivity contribution in [3.63, 3.8) is 0 Å². The van der Waals surface area contributed by atoms with E-state index in [0.717, 1.165) is 0 Å². The number of carbonyl (C=O) groups excluding carboxylic acids is 1. The van der Waals surface area contributed by atoms with E-state index in [1.807, 2.05) is 12.1 Å². The Morgan fingerprint density at radius 1 is 1.17 bits per heavy atom. The van der Waals surface area contributed by atoms with Crippen LogP contribution in [-0.2, 0) is 4.79 Å². The van der Waals surface area contributed by atoms with Crippen LogP contribution in [0, 0.1) is 22.7 Å². The Hall–Kier alpha value is -3.28. The predicted molar refractivity (Wildman–Crippen MR) is 91.2 cm³/mol. The molecule has 0 aliphatic rings. The van der Waals surface area contributed by atoms with Crippen LogP contribution in [0.25, 0.3) is 6.08 Å². The number of para-hydroxylation sites is 2. The van der Waals surface area contributed by atoms with Crippen molar-refractivity contribution in [2.24, 2.45) is 0 Å². The standard InChI is InChI=1S/C18H12ClN3O2/c19-15-6-2-3-7-16(15)22-18(23)14(12-21)11-13-5-1-4-8-17(13)24-10-9-20/h1-8,11H,10H2,(H,22,23)/b14-11+. The van der Waals surface area contributed by atoms with E-state index in [0.29, 0.717) is 22.0 Å². The Morgan fingerprint density at radius 3 is 2.58 bits per heavy atom. The van der Waals surface area contributed by atoms with Crippen LogP contribution in [0.2, 0.25) is 5.02 Å². The summed E-state index contributed by atoms with van der Waals surface area (Å²) in [5, 5.41) is 20.8. The maximum absolute atomic E-state index is 12.3. The minimum absolute atomic E-state index is 0.108. The van der Waals surface area contributed by atoms with Crippen LogP contribution < -0.4 is 10.1 Å². The van der Waals surface area contributed by atoms with Crippen LogP contribution in [0.4, 0.5) is 5.69 Å². The molecular formula is C18H12ClN3O2. The fourth-order valence-corrected chi connectivity index (χ4v) is 2.08. The van der Waals surface area contributed by atoms with Crippen molar-refractivity contribution < 1.29 is 9.53 Å². The molecule has 24 heavy (non-hydrogen) atoms. The number of ether oxygens (including phenoxy) is 1. The van der Waals surface area contributed by atoms with E-state index in [4.69, 9.17) is 21.6 Å². The lowest BCUT2D eigenvalue weighted by molar-refractivity contribution is -0.112. The van der Waals surface area contributed by atoms with E-state index in [2.05, 4.69) is 5.32 Å². The molecule has 0 saturated carbocycles. The van der Waals surface area contributed by atoms with Crippen LogP contribution in [0.1, 0.15) is 5.56 Å². The largest absolute Gasteiger partial charge is 0.478 e. The molecule has 2 aromatic carbocycles. The Labute approximate surface area is 144 Å². The van der Waals surface area contributed by atoms with Crippen LogP contribution in [0.3, 0.4) is 0 Å². The molecule has 0 radical (unpaired) electrons. The summed E-state index contributed by atoms with van der Waals surface area (Å²) in [6.07, 6.45) is 1.40. The highest BCUT2D eigenvalue weighted by atomic mass is 35.5. The number of anilines is 1. The van der Waals surface area contributed by atoms with Gasteiger partial charge in [-0.05, 0) is 24.3 Å². The van der Waals surface area contributed by atoms with Gasteiger partial charge in [0.1, 0.15) is 23.5 Å². The van der Waals surface area contributed by atoms with Gasteiger partial charge in [0.25, 0.3) is 5.91 Å². The zero-order valence-electron chi connectivity index (χ0n) is 12.5. The van der Waals surface area contributed by atoms with Crippen LogP contribution in [-0.4, -0.2) is 12.5 Å². The number of carbonyl (C=O) groups is 1. The van der Waals surface area contributed by atoms with E-state index < -0.39 is 5.91 Å². The van der Waals surface area contributed by atoms with Crippen molar-refractivity contribution in [1.29, 1.82) is 10.5 Å². The van der Waals surface area contributed by atoms with Crippen molar-refractivity contribution in [2.75, 3.05) is 11.9 Å². The molecule has 1 N–H and O–H groups in total. The van der Waals surface area contributed by atoms with Crippen molar-refractivity contribution in [2.45, 2.75) is 0 Å². The van der Waals surface area contributed by atoms with Gasteiger partial charge in [0, 0.05) is 5.56 Å². The van der Waals surface area contributed by atoms with Gasteiger partial charge in [0.2, 0.25) is 0 Å². The lowest BCUT2D eigenvalue weighted by Crippen LogP contribution is -2.13. The smallest absolute Gasteiger partial charge is 0.266 e. The summed E-state index contributed by atoms with van der Waals surface area (Å²) in [6.45, 7) is -0.126. The molecule has 0 unspecified atom stereocenters. The second kappa shape index (κ2) is 8.38. The van der Waals surface area contributed by atoms with E-state index in [1.165, 1.54) is 6.08 Å². The second-order valence-corrected chi connectivity index (χ2v) is 5.00. The van der Waals surface area contributed by atoms with Gasteiger partial charge in [-0.2, -0.15) is 10.5 Å². The highest BCUT2D eigenvalue weighted by Crippen LogP contribution is 2.23. The average molecular weight is 338 g/mol. The number of hydrogen-bond acceptors (Lipinski definition) is 4. The van der Waals surface area contributed by atoms with Gasteiger partial charge in [-0.15, -0.1) is 0 Å². The van der Waals surface area contributed by atoms with Gasteiger partial charge in [-0.25, -0.2) is 0 Å². The third-order valence-corrected chi connectivity index (χ3v) is 3.33. The first-order valence-electron chi connectivity index (χ1n) is 6.92. The third kappa shape index (κ3) is 4.36. The molecule has 118 valence electrons. The monoisotopic (exact) mass is 337 g/mol. The minimum Gasteiger partial charge on any atom is -0.478 e. The molecule has 1 amide bonds. The Balaban J connectivity index is 2.27. The zero-order chi connectivity index (χ0) is 17.4. The van der Waals surface area contributed by atoms with E-state index in [-0.39, 0.29) is 12.2 Å². The summed E-state index contributed by atoms with van der Waals surface area (Å²) in [4.78, 5) is 12.3. The highest BCUT2D eigenvalue weighted by Gasteiger charge is 2.12. The number of hydrogen-bond donors (Lipinski definition) is 1. The van der Waals surface area contributed by atoms with Gasteiger partial charge in [-0.3, -0.25) is 4.79 Å². The summed E-state index contributed by atoms with van der Waals surface area (Å²) >= 11 is 5.99. The molecule has 0 spiro atoms. The average Bonchev–Trinajstić information content (AvgIpc) is 2.60. The fraction of sp³-hybridized carbons (Fsp3) is 0.0556. The Morgan fingerprint density at radius 2 is 1.88 bits per heavy atom. The third-order valence-electron chi connectivity index (χ3n) is 3.00. The van der Waals surface area contributed by atoms with E-state index in [1.54, 1.807) is 48.5 Å². The van der Waals surface area contributed by atoms with Gasteiger partial charge in [0.15, 0.2) is 6.61 Å². The summed E-state index contributed by atoms with van der Waals surface area (Å²) in [5.74, 6) is -0.168. The first-order chi connectivity index (χ1) is 11.7. The van der Waals surface area contributed by atoms with Crippen LogP contribution in [0.15, 0.2) is 54.1 Å². The lowest BCUT2D eigenvalue weighted by Gasteiger charge is -2.08. The number of halogens is 1. The molecule has 0 aliphatic heterocycles. The number of benzene rings is 2. The Kier molecular flexibility index (Phi) is 5.96. The Bertz CT molecular complexity index is 863. The fourth-order valence-electron chi connectivity index (χ4n) is 1.90. The molecule has 0 aliphatic carbocycles. The van der Waals surface area contributed by atoms with Crippen molar-refractivity contribution in [3.05, 3.63) is 64.7 Å². The number of nitrogens with one attached hydrogen (secondary N) is 1. The van der Waals surface area contributed by atoms with Crippen LogP contribution >= 0.6 is 11.6 Å². The van der Waals surface area contributed by atoms with Crippen LogP contribution in [0.5, 0.6) is 5.75 Å². The molecular weight excluding hydrogens is 326 g/mol. The summed E-state index contributed by atoms with van der Waals surface area (Å²) in [6, 6.07) is 17.3. The molecule has 0 fully saturated rings. The van der Waals surface area contributed by atoms with Gasteiger partial charge >= 0.3 is 0 Å². The summed E-state index contributed by atoms with van der Waals surface area (Å²) < 4.78 is 5.28. The maximum atomic E-state index is 12.3. The first kappa shape index (κ1) is 17.1. The van der Waals surface area contributed by atoms with Gasteiger partial charge in [0.05, 0.1) is 10.7 Å². The molecule has 0 heterocycles. The van der Waals surface area contributed by atoms with Gasteiger partial charge < -0.3 is 10.1 Å². The normalized spacial score (nSPS) is 10.4. The van der Waals surface area contributed by atoms with Crippen molar-refractivity contribution in [1.82, 2.24) is 0 Å². The van der Waals surface area contributed by atoms with Crippen molar-refractivity contribution >= 4 is 29.3 Å². The number of rotatable bonds is 5. The second-order valence-electron chi connectivity index (χ2n) is 4.59. The van der Waals surface area contributed by atoms with E-state index >= 15 is 0 Å². The zero-order valence-corrected chi connectivity index (χ0v) is 13.2. The maximum Gasteiger partial charge on any atom is 0.266 e. The number of nitrogens with zero attached hydrogens (tertiary/aromatic N) is 2. The predicted octanol–water partition coefficient (Wildman–Crippen LogP) is 3.79. The SMILES string of the molecule is N#CCOc1ccccc1/C=C(\C#N)C(=O)Nc1ccccc1Cl. The quantitative estimate of drug-likeness (QED) is 0.664. The molecule has 5 nitrogen and oxygen atoms in total. The molecule has 2 aromatic rings. The van der Waals surface area contributed by atoms with Gasteiger partial charge in [-0.1, -0.05) is 41.9 Å². The molecule has 2 rings (SSSR count). The van der Waals surface area contributed by atoms with Crippen molar-refractivity contribution in [3.8, 4) is 17.9 Å². The molecule has 6 heteroatoms. The minimum atomic E-state index is -0.583. The number of nitriles is 2. The topological polar surface area (TPSA) is 85.9 Å². The molecule has 0 atom stereocenters. The number of amides is 1. The lowest BCUT2D eigenvalue weighted by atomic mass is 10.1. The summed E-state index contributed by atoms with van der Waals surface area (Å²) in [7, 11) is 0. The van der Waals surface area contributed by atoms with E-state index in [9.17, 15) is 10.1 Å². The summed E-state index contributed by atoms with van der Waals surface area (Å²) in [5.41, 5.74) is 0.834. The first-order valence-corrected chi connectivity index (χ1v) is 7.30.